The highest BCUT2D eigenvalue weighted by Crippen LogP contribution is 2.39. The van der Waals surface area contributed by atoms with Crippen LogP contribution in [-0.4, -0.2) is 19.2 Å². The molecule has 0 bridgehead atoms. The third-order valence-electron chi connectivity index (χ3n) is 3.63. The molecule has 1 heterocycles. The maximum atomic E-state index is 9.41. The van der Waals surface area contributed by atoms with Gasteiger partial charge in [-0.05, 0) is 12.1 Å². The molecule has 0 atom stereocenters. The highest BCUT2D eigenvalue weighted by molar-refractivity contribution is 6.32. The molecule has 1 N–H and O–H groups in total. The molecule has 0 unspecified atom stereocenters. The minimum Gasteiger partial charge on any atom is -0.495 e. The van der Waals surface area contributed by atoms with E-state index in [9.17, 15) is 5.26 Å². The maximum Gasteiger partial charge on any atom is 0.146 e. The van der Waals surface area contributed by atoms with Gasteiger partial charge in [0.15, 0.2) is 0 Å². The van der Waals surface area contributed by atoms with Crippen LogP contribution in [0.2, 0.25) is 5.02 Å². The minimum atomic E-state index is 0. The molecule has 7 heteroatoms. The summed E-state index contributed by atoms with van der Waals surface area (Å²) in [5.41, 5.74) is 2.51. The van der Waals surface area contributed by atoms with Crippen LogP contribution >= 0.6 is 24.0 Å². The molecular weight excluding hydrogens is 361 g/mol. The van der Waals surface area contributed by atoms with Gasteiger partial charge in [0, 0.05) is 17.6 Å². The van der Waals surface area contributed by atoms with Crippen LogP contribution in [0.4, 0.5) is 11.4 Å². The lowest BCUT2D eigenvalue weighted by Crippen LogP contribution is -2.00. The first-order chi connectivity index (χ1) is 11.7. The summed E-state index contributed by atoms with van der Waals surface area (Å²) < 4.78 is 10.6. The molecule has 0 aliphatic rings. The number of pyridine rings is 1. The molecule has 1 aromatic heterocycles. The minimum absolute atomic E-state index is 0. The van der Waals surface area contributed by atoms with Crippen molar-refractivity contribution in [3.63, 3.8) is 0 Å². The second kappa shape index (κ2) is 7.93. The van der Waals surface area contributed by atoms with Gasteiger partial charge in [0.05, 0.1) is 41.7 Å². The second-order valence-corrected chi connectivity index (χ2v) is 5.40. The molecule has 0 aliphatic heterocycles. The number of benzene rings is 2. The normalized spacial score (nSPS) is 9.84. The molecule has 3 rings (SSSR count). The number of fused-ring (bicyclic) bond motifs is 1. The summed E-state index contributed by atoms with van der Waals surface area (Å²) in [6.07, 6.45) is 1.54. The van der Waals surface area contributed by atoms with E-state index in [1.54, 1.807) is 25.4 Å². The highest BCUT2D eigenvalue weighted by atomic mass is 35.5. The smallest absolute Gasteiger partial charge is 0.146 e. The topological polar surface area (TPSA) is 67.2 Å². The number of anilines is 2. The van der Waals surface area contributed by atoms with Crippen LogP contribution in [0.3, 0.4) is 0 Å². The standard InChI is InChI=1S/C18H14ClN3O2.ClH/c1-23-16-8-17(24-2)15(7-13(16)19)22-18-11(9-20)10-21-14-6-4-3-5-12(14)18;/h3-8,10H,1-2H3,(H,21,22);1H. The van der Waals surface area contributed by atoms with Gasteiger partial charge in [-0.1, -0.05) is 29.8 Å². The zero-order chi connectivity index (χ0) is 17.1. The number of halogens is 2. The van der Waals surface area contributed by atoms with Gasteiger partial charge in [-0.15, -0.1) is 12.4 Å². The number of hydrogen-bond donors (Lipinski definition) is 1. The van der Waals surface area contributed by atoms with E-state index in [-0.39, 0.29) is 12.4 Å². The van der Waals surface area contributed by atoms with Gasteiger partial charge in [0.25, 0.3) is 0 Å². The molecule has 25 heavy (non-hydrogen) atoms. The van der Waals surface area contributed by atoms with E-state index in [2.05, 4.69) is 16.4 Å². The van der Waals surface area contributed by atoms with E-state index in [0.29, 0.717) is 33.5 Å². The largest absolute Gasteiger partial charge is 0.495 e. The average molecular weight is 376 g/mol. The van der Waals surface area contributed by atoms with E-state index < -0.39 is 0 Å². The number of nitrogens with one attached hydrogen (secondary N) is 1. The Kier molecular flexibility index (Phi) is 5.92. The average Bonchev–Trinajstić information content (AvgIpc) is 2.62. The van der Waals surface area contributed by atoms with Crippen LogP contribution in [0.5, 0.6) is 11.5 Å². The van der Waals surface area contributed by atoms with Crippen LogP contribution in [0, 0.1) is 11.3 Å². The Balaban J connectivity index is 0.00000225. The van der Waals surface area contributed by atoms with Crippen molar-refractivity contribution in [1.29, 1.82) is 5.26 Å². The zero-order valence-corrected chi connectivity index (χ0v) is 15.1. The summed E-state index contributed by atoms with van der Waals surface area (Å²) in [5, 5.41) is 13.9. The number of rotatable bonds is 4. The third-order valence-corrected chi connectivity index (χ3v) is 3.92. The van der Waals surface area contributed by atoms with Gasteiger partial charge in [0.1, 0.15) is 17.6 Å². The van der Waals surface area contributed by atoms with Crippen LogP contribution < -0.4 is 14.8 Å². The number of nitrogens with zero attached hydrogens (tertiary/aromatic N) is 2. The Morgan fingerprint density at radius 1 is 1.12 bits per heavy atom. The SMILES string of the molecule is COc1cc(OC)c(Nc2c(C#N)cnc3ccccc23)cc1Cl.Cl. The molecule has 0 fully saturated rings. The Bertz CT molecular complexity index is 955. The van der Waals surface area contributed by atoms with Gasteiger partial charge in [-0.25, -0.2) is 0 Å². The first-order valence-electron chi connectivity index (χ1n) is 7.14. The van der Waals surface area contributed by atoms with Crippen molar-refractivity contribution in [1.82, 2.24) is 4.98 Å². The Hall–Kier alpha value is -2.68. The van der Waals surface area contributed by atoms with Crippen molar-refractivity contribution < 1.29 is 9.47 Å². The number of aromatic nitrogens is 1. The molecule has 0 aliphatic carbocycles. The molecular formula is C18H15Cl2N3O2. The molecule has 0 saturated heterocycles. The fraction of sp³-hybridized carbons (Fsp3) is 0.111. The molecule has 128 valence electrons. The molecule has 0 radical (unpaired) electrons. The number of methoxy groups -OCH3 is 2. The van der Waals surface area contributed by atoms with Crippen LogP contribution in [0.25, 0.3) is 10.9 Å². The van der Waals surface area contributed by atoms with Crippen molar-refractivity contribution in [2.75, 3.05) is 19.5 Å². The van der Waals surface area contributed by atoms with E-state index in [1.165, 1.54) is 7.11 Å². The number of nitriles is 1. The first-order valence-corrected chi connectivity index (χ1v) is 7.52. The molecule has 3 aromatic rings. The predicted molar refractivity (Wildman–Crippen MR) is 102 cm³/mol. The zero-order valence-electron chi connectivity index (χ0n) is 13.5. The van der Waals surface area contributed by atoms with Crippen LogP contribution in [-0.2, 0) is 0 Å². The molecule has 0 saturated carbocycles. The van der Waals surface area contributed by atoms with Crippen LogP contribution in [0.15, 0.2) is 42.6 Å². The summed E-state index contributed by atoms with van der Waals surface area (Å²) >= 11 is 6.22. The monoisotopic (exact) mass is 375 g/mol. The predicted octanol–water partition coefficient (Wildman–Crippen LogP) is 4.94. The van der Waals surface area contributed by atoms with Crippen molar-refractivity contribution in [2.45, 2.75) is 0 Å². The second-order valence-electron chi connectivity index (χ2n) is 4.99. The highest BCUT2D eigenvalue weighted by Gasteiger charge is 2.14. The van der Waals surface area contributed by atoms with Gasteiger partial charge in [-0.2, -0.15) is 5.26 Å². The van der Waals surface area contributed by atoms with E-state index in [0.717, 1.165) is 10.9 Å². The van der Waals surface area contributed by atoms with Gasteiger partial charge in [0.2, 0.25) is 0 Å². The lowest BCUT2D eigenvalue weighted by atomic mass is 10.1. The molecule has 0 spiro atoms. The summed E-state index contributed by atoms with van der Waals surface area (Å²) in [6.45, 7) is 0. The quantitative estimate of drug-likeness (QED) is 0.698. The van der Waals surface area contributed by atoms with Gasteiger partial charge < -0.3 is 14.8 Å². The molecule has 5 nitrogen and oxygen atoms in total. The third kappa shape index (κ3) is 3.55. The van der Waals surface area contributed by atoms with Gasteiger partial charge in [-0.3, -0.25) is 4.98 Å². The van der Waals surface area contributed by atoms with Gasteiger partial charge >= 0.3 is 0 Å². The number of hydrogen-bond acceptors (Lipinski definition) is 5. The Morgan fingerprint density at radius 2 is 1.84 bits per heavy atom. The van der Waals surface area contributed by atoms with Crippen molar-refractivity contribution in [3.05, 3.63) is 53.2 Å². The van der Waals surface area contributed by atoms with E-state index in [1.807, 2.05) is 24.3 Å². The maximum absolute atomic E-state index is 9.41. The molecule has 0 amide bonds. The number of para-hydroxylation sites is 1. The lowest BCUT2D eigenvalue weighted by molar-refractivity contribution is 0.396. The summed E-state index contributed by atoms with van der Waals surface area (Å²) in [4.78, 5) is 4.30. The van der Waals surface area contributed by atoms with Crippen molar-refractivity contribution in [2.24, 2.45) is 0 Å². The Morgan fingerprint density at radius 3 is 2.52 bits per heavy atom. The van der Waals surface area contributed by atoms with E-state index >= 15 is 0 Å². The first kappa shape index (κ1) is 18.7. The number of ether oxygens (including phenoxy) is 2. The fourth-order valence-electron chi connectivity index (χ4n) is 2.45. The lowest BCUT2D eigenvalue weighted by Gasteiger charge is -2.16. The Labute approximate surface area is 156 Å². The summed E-state index contributed by atoms with van der Waals surface area (Å²) in [5.74, 6) is 1.07. The van der Waals surface area contributed by atoms with Crippen molar-refractivity contribution in [3.8, 4) is 17.6 Å². The summed E-state index contributed by atoms with van der Waals surface area (Å²) in [6, 6.07) is 13.1. The van der Waals surface area contributed by atoms with E-state index in [4.69, 9.17) is 21.1 Å². The van der Waals surface area contributed by atoms with Crippen LogP contribution in [0.1, 0.15) is 5.56 Å². The fourth-order valence-corrected chi connectivity index (χ4v) is 2.69. The molecule has 2 aromatic carbocycles. The summed E-state index contributed by atoms with van der Waals surface area (Å²) in [7, 11) is 3.10. The van der Waals surface area contributed by atoms with Crippen molar-refractivity contribution >= 4 is 46.3 Å².